The van der Waals surface area contributed by atoms with Crippen molar-refractivity contribution < 1.29 is 4.42 Å². The first-order chi connectivity index (χ1) is 7.68. The Kier molecular flexibility index (Phi) is 4.42. The molecule has 0 saturated heterocycles. The van der Waals surface area contributed by atoms with Gasteiger partial charge in [-0.05, 0) is 50.8 Å². The summed E-state index contributed by atoms with van der Waals surface area (Å²) in [4.78, 5) is 0. The van der Waals surface area contributed by atoms with Gasteiger partial charge in [-0.15, -0.1) is 0 Å². The van der Waals surface area contributed by atoms with Crippen LogP contribution in [0.4, 0.5) is 0 Å². The molecule has 0 amide bonds. The zero-order valence-electron chi connectivity index (χ0n) is 12.1. The van der Waals surface area contributed by atoms with Crippen molar-refractivity contribution >= 4 is 0 Å². The van der Waals surface area contributed by atoms with E-state index < -0.39 is 0 Å². The van der Waals surface area contributed by atoms with Crippen LogP contribution < -0.4 is 5.32 Å². The third-order valence-corrected chi connectivity index (χ3v) is 3.13. The number of hydrogen-bond donors (Lipinski definition) is 1. The van der Waals surface area contributed by atoms with E-state index >= 15 is 0 Å². The Morgan fingerprint density at radius 1 is 1.18 bits per heavy atom. The second-order valence-corrected chi connectivity index (χ2v) is 6.98. The topological polar surface area (TPSA) is 25.2 Å². The van der Waals surface area contributed by atoms with Gasteiger partial charge >= 0.3 is 0 Å². The van der Waals surface area contributed by atoms with E-state index in [1.165, 1.54) is 0 Å². The molecule has 1 atom stereocenters. The van der Waals surface area contributed by atoms with Gasteiger partial charge in [0.25, 0.3) is 0 Å². The standard InChI is InChI=1S/C15H27NO/c1-14(2,3)12(11-16-15(4,5)6)10-13-8-7-9-17-13/h7-9,12,16H,10-11H2,1-6H3. The van der Waals surface area contributed by atoms with Crippen molar-refractivity contribution in [3.05, 3.63) is 24.2 Å². The van der Waals surface area contributed by atoms with Gasteiger partial charge in [-0.25, -0.2) is 0 Å². The highest BCUT2D eigenvalue weighted by Crippen LogP contribution is 2.29. The van der Waals surface area contributed by atoms with Crippen molar-refractivity contribution in [1.82, 2.24) is 5.32 Å². The largest absolute Gasteiger partial charge is 0.469 e. The van der Waals surface area contributed by atoms with Gasteiger partial charge in [0.15, 0.2) is 0 Å². The molecule has 1 aromatic rings. The predicted molar refractivity (Wildman–Crippen MR) is 73.1 cm³/mol. The van der Waals surface area contributed by atoms with Crippen molar-refractivity contribution in [3.63, 3.8) is 0 Å². The minimum Gasteiger partial charge on any atom is -0.469 e. The summed E-state index contributed by atoms with van der Waals surface area (Å²) in [5, 5.41) is 3.60. The minimum atomic E-state index is 0.173. The van der Waals surface area contributed by atoms with Gasteiger partial charge in [0.2, 0.25) is 0 Å². The summed E-state index contributed by atoms with van der Waals surface area (Å²) in [6, 6.07) is 4.03. The smallest absolute Gasteiger partial charge is 0.104 e. The van der Waals surface area contributed by atoms with Gasteiger partial charge in [-0.1, -0.05) is 20.8 Å². The van der Waals surface area contributed by atoms with E-state index in [1.54, 1.807) is 6.26 Å². The zero-order chi connectivity index (χ0) is 13.1. The average Bonchev–Trinajstić information content (AvgIpc) is 2.60. The fourth-order valence-corrected chi connectivity index (χ4v) is 1.79. The molecule has 0 aromatic carbocycles. The molecule has 98 valence electrons. The molecule has 0 saturated carbocycles. The molecule has 1 heterocycles. The van der Waals surface area contributed by atoms with Crippen LogP contribution in [-0.4, -0.2) is 12.1 Å². The number of rotatable bonds is 4. The van der Waals surface area contributed by atoms with Crippen molar-refractivity contribution in [1.29, 1.82) is 0 Å². The van der Waals surface area contributed by atoms with E-state index in [1.807, 2.05) is 6.07 Å². The number of nitrogens with one attached hydrogen (secondary N) is 1. The van der Waals surface area contributed by atoms with Crippen LogP contribution in [0.2, 0.25) is 0 Å². The molecule has 1 aromatic heterocycles. The summed E-state index contributed by atoms with van der Waals surface area (Å²) in [5.74, 6) is 1.66. The van der Waals surface area contributed by atoms with Crippen molar-refractivity contribution in [2.45, 2.75) is 53.5 Å². The predicted octanol–water partition coefficient (Wildman–Crippen LogP) is 3.87. The average molecular weight is 237 g/mol. The van der Waals surface area contributed by atoms with Gasteiger partial charge in [-0.3, -0.25) is 0 Å². The van der Waals surface area contributed by atoms with Crippen LogP contribution >= 0.6 is 0 Å². The van der Waals surface area contributed by atoms with E-state index in [-0.39, 0.29) is 11.0 Å². The summed E-state index contributed by atoms with van der Waals surface area (Å²) in [6.45, 7) is 14.5. The fraction of sp³-hybridized carbons (Fsp3) is 0.733. The van der Waals surface area contributed by atoms with Gasteiger partial charge in [-0.2, -0.15) is 0 Å². The third-order valence-electron chi connectivity index (χ3n) is 3.13. The summed E-state index contributed by atoms with van der Waals surface area (Å²) in [5.41, 5.74) is 0.456. The monoisotopic (exact) mass is 237 g/mol. The van der Waals surface area contributed by atoms with Gasteiger partial charge in [0.05, 0.1) is 6.26 Å². The highest BCUT2D eigenvalue weighted by molar-refractivity contribution is 5.01. The van der Waals surface area contributed by atoms with Gasteiger partial charge in [0, 0.05) is 12.0 Å². The first kappa shape index (κ1) is 14.3. The maximum Gasteiger partial charge on any atom is 0.104 e. The van der Waals surface area contributed by atoms with Crippen LogP contribution in [0.15, 0.2) is 22.8 Å². The van der Waals surface area contributed by atoms with E-state index in [2.05, 4.69) is 52.9 Å². The molecule has 0 spiro atoms. The quantitative estimate of drug-likeness (QED) is 0.860. The minimum absolute atomic E-state index is 0.173. The van der Waals surface area contributed by atoms with Crippen LogP contribution in [0.1, 0.15) is 47.3 Å². The summed E-state index contributed by atoms with van der Waals surface area (Å²) < 4.78 is 5.46. The molecular weight excluding hydrogens is 210 g/mol. The Morgan fingerprint density at radius 2 is 1.82 bits per heavy atom. The van der Waals surface area contributed by atoms with Crippen molar-refractivity contribution in [2.75, 3.05) is 6.54 Å². The Bertz CT molecular complexity index is 314. The lowest BCUT2D eigenvalue weighted by molar-refractivity contribution is 0.205. The normalized spacial score (nSPS) is 14.9. The SMILES string of the molecule is CC(C)(C)NCC(Cc1ccco1)C(C)(C)C. The fourth-order valence-electron chi connectivity index (χ4n) is 1.79. The van der Waals surface area contributed by atoms with E-state index in [0.29, 0.717) is 5.92 Å². The molecule has 1 unspecified atom stereocenters. The first-order valence-electron chi connectivity index (χ1n) is 6.46. The van der Waals surface area contributed by atoms with Crippen LogP contribution in [0.25, 0.3) is 0 Å². The lowest BCUT2D eigenvalue weighted by Gasteiger charge is -2.33. The molecule has 0 aliphatic heterocycles. The van der Waals surface area contributed by atoms with Gasteiger partial charge < -0.3 is 9.73 Å². The molecule has 0 aliphatic rings. The highest BCUT2D eigenvalue weighted by Gasteiger charge is 2.26. The maximum absolute atomic E-state index is 5.46. The molecule has 2 nitrogen and oxygen atoms in total. The molecule has 2 heteroatoms. The van der Waals surface area contributed by atoms with E-state index in [0.717, 1.165) is 18.7 Å². The Hall–Kier alpha value is -0.760. The molecule has 1 N–H and O–H groups in total. The summed E-state index contributed by atoms with van der Waals surface area (Å²) in [7, 11) is 0. The molecule has 0 fully saturated rings. The molecule has 0 aliphatic carbocycles. The molecule has 1 rings (SSSR count). The Morgan fingerprint density at radius 3 is 2.24 bits per heavy atom. The van der Waals surface area contributed by atoms with Crippen molar-refractivity contribution in [2.24, 2.45) is 11.3 Å². The number of hydrogen-bond acceptors (Lipinski definition) is 2. The van der Waals surface area contributed by atoms with Crippen molar-refractivity contribution in [3.8, 4) is 0 Å². The van der Waals surface area contributed by atoms with Crippen LogP contribution in [-0.2, 0) is 6.42 Å². The number of furan rings is 1. The van der Waals surface area contributed by atoms with Crippen LogP contribution in [0, 0.1) is 11.3 Å². The first-order valence-corrected chi connectivity index (χ1v) is 6.46. The molecule has 17 heavy (non-hydrogen) atoms. The molecule has 0 radical (unpaired) electrons. The second kappa shape index (κ2) is 5.26. The highest BCUT2D eigenvalue weighted by atomic mass is 16.3. The van der Waals surface area contributed by atoms with Crippen LogP contribution in [0.3, 0.4) is 0 Å². The summed E-state index contributed by atoms with van der Waals surface area (Å²) in [6.07, 6.45) is 2.76. The second-order valence-electron chi connectivity index (χ2n) is 6.98. The third kappa shape index (κ3) is 5.40. The van der Waals surface area contributed by atoms with E-state index in [4.69, 9.17) is 4.42 Å². The lowest BCUT2D eigenvalue weighted by Crippen LogP contribution is -2.42. The van der Waals surface area contributed by atoms with Gasteiger partial charge in [0.1, 0.15) is 5.76 Å². The summed E-state index contributed by atoms with van der Waals surface area (Å²) >= 11 is 0. The van der Waals surface area contributed by atoms with E-state index in [9.17, 15) is 0 Å². The molecular formula is C15H27NO. The lowest BCUT2D eigenvalue weighted by atomic mass is 9.78. The molecule has 0 bridgehead atoms. The Balaban J connectivity index is 2.62. The maximum atomic E-state index is 5.46. The van der Waals surface area contributed by atoms with Crippen LogP contribution in [0.5, 0.6) is 0 Å². The zero-order valence-corrected chi connectivity index (χ0v) is 12.1. The Labute approximate surface area is 106 Å².